The standard InChI is InChI=1S/C17H17NO2S/c19-17(20)15-10-12(11-18-15)14-8-4-5-9-16(14)21-13-6-2-1-3-7-13/h1-9,12,15,18H,10-11H2,(H,19,20)/t12?,15-/m0/s1. The van der Waals surface area contributed by atoms with Crippen LogP contribution in [0, 0.1) is 0 Å². The summed E-state index contributed by atoms with van der Waals surface area (Å²) in [5, 5.41) is 12.2. The number of hydrogen-bond acceptors (Lipinski definition) is 3. The molecule has 1 fully saturated rings. The molecule has 2 aromatic carbocycles. The van der Waals surface area contributed by atoms with Crippen molar-refractivity contribution in [3.8, 4) is 0 Å². The van der Waals surface area contributed by atoms with Gasteiger partial charge in [-0.25, -0.2) is 0 Å². The molecule has 0 bridgehead atoms. The van der Waals surface area contributed by atoms with Crippen LogP contribution in [0.4, 0.5) is 0 Å². The highest BCUT2D eigenvalue weighted by atomic mass is 32.2. The summed E-state index contributed by atoms with van der Waals surface area (Å²) < 4.78 is 0. The Hall–Kier alpha value is -1.78. The summed E-state index contributed by atoms with van der Waals surface area (Å²) >= 11 is 1.74. The molecule has 1 unspecified atom stereocenters. The van der Waals surface area contributed by atoms with Gasteiger partial charge in [0, 0.05) is 16.3 Å². The third kappa shape index (κ3) is 3.28. The Morgan fingerprint density at radius 3 is 2.52 bits per heavy atom. The van der Waals surface area contributed by atoms with Crippen molar-refractivity contribution in [3.05, 3.63) is 60.2 Å². The van der Waals surface area contributed by atoms with Gasteiger partial charge >= 0.3 is 5.97 Å². The molecule has 1 heterocycles. The van der Waals surface area contributed by atoms with E-state index in [1.54, 1.807) is 11.8 Å². The number of aliphatic carboxylic acids is 1. The van der Waals surface area contributed by atoms with Gasteiger partial charge in [0.15, 0.2) is 0 Å². The van der Waals surface area contributed by atoms with Crippen molar-refractivity contribution in [3.63, 3.8) is 0 Å². The number of nitrogens with one attached hydrogen (secondary N) is 1. The molecule has 21 heavy (non-hydrogen) atoms. The highest BCUT2D eigenvalue weighted by Crippen LogP contribution is 2.36. The van der Waals surface area contributed by atoms with Gasteiger partial charge in [-0.2, -0.15) is 0 Å². The molecule has 3 rings (SSSR count). The number of carboxylic acid groups (broad SMARTS) is 1. The van der Waals surface area contributed by atoms with Crippen molar-refractivity contribution in [2.75, 3.05) is 6.54 Å². The van der Waals surface area contributed by atoms with Gasteiger partial charge in [0.1, 0.15) is 6.04 Å². The normalized spacial score (nSPS) is 21.3. The molecule has 3 nitrogen and oxygen atoms in total. The summed E-state index contributed by atoms with van der Waals surface area (Å²) in [6.45, 7) is 0.726. The fourth-order valence-corrected chi connectivity index (χ4v) is 3.73. The number of carbonyl (C=O) groups is 1. The number of benzene rings is 2. The lowest BCUT2D eigenvalue weighted by Gasteiger charge is -2.14. The second kappa shape index (κ2) is 6.33. The van der Waals surface area contributed by atoms with E-state index in [0.717, 1.165) is 6.54 Å². The van der Waals surface area contributed by atoms with Crippen LogP contribution in [0.2, 0.25) is 0 Å². The smallest absolute Gasteiger partial charge is 0.320 e. The molecule has 2 aromatic rings. The molecule has 0 spiro atoms. The summed E-state index contributed by atoms with van der Waals surface area (Å²) in [6, 6.07) is 18.1. The molecule has 1 aliphatic heterocycles. The quantitative estimate of drug-likeness (QED) is 0.909. The van der Waals surface area contributed by atoms with Crippen LogP contribution in [-0.2, 0) is 4.79 Å². The van der Waals surface area contributed by atoms with Crippen molar-refractivity contribution in [1.82, 2.24) is 5.32 Å². The fourth-order valence-electron chi connectivity index (χ4n) is 2.69. The maximum atomic E-state index is 11.1. The number of rotatable bonds is 4. The molecule has 2 atom stereocenters. The van der Waals surface area contributed by atoms with E-state index in [1.165, 1.54) is 15.4 Å². The fraction of sp³-hybridized carbons (Fsp3) is 0.235. The molecule has 4 heteroatoms. The Labute approximate surface area is 128 Å². The summed E-state index contributed by atoms with van der Waals surface area (Å²) in [6.07, 6.45) is 0.654. The summed E-state index contributed by atoms with van der Waals surface area (Å²) in [4.78, 5) is 13.5. The predicted octanol–water partition coefficient (Wildman–Crippen LogP) is 3.37. The molecular formula is C17H17NO2S. The monoisotopic (exact) mass is 299 g/mol. The van der Waals surface area contributed by atoms with Crippen LogP contribution in [0.3, 0.4) is 0 Å². The lowest BCUT2D eigenvalue weighted by Crippen LogP contribution is -2.29. The van der Waals surface area contributed by atoms with Crippen molar-refractivity contribution in [2.24, 2.45) is 0 Å². The van der Waals surface area contributed by atoms with E-state index >= 15 is 0 Å². The van der Waals surface area contributed by atoms with Crippen molar-refractivity contribution >= 4 is 17.7 Å². The first-order valence-electron chi connectivity index (χ1n) is 7.02. The van der Waals surface area contributed by atoms with Crippen LogP contribution in [-0.4, -0.2) is 23.7 Å². The summed E-state index contributed by atoms with van der Waals surface area (Å²) in [7, 11) is 0. The Balaban J connectivity index is 1.82. The third-order valence-corrected chi connectivity index (χ3v) is 4.86. The minimum absolute atomic E-state index is 0.263. The van der Waals surface area contributed by atoms with Gasteiger partial charge in [0.25, 0.3) is 0 Å². The first-order valence-corrected chi connectivity index (χ1v) is 7.83. The molecule has 108 valence electrons. The van der Waals surface area contributed by atoms with Crippen molar-refractivity contribution < 1.29 is 9.90 Å². The maximum absolute atomic E-state index is 11.1. The largest absolute Gasteiger partial charge is 0.480 e. The maximum Gasteiger partial charge on any atom is 0.320 e. The molecular weight excluding hydrogens is 282 g/mol. The van der Waals surface area contributed by atoms with Crippen LogP contribution in [0.15, 0.2) is 64.4 Å². The summed E-state index contributed by atoms with van der Waals surface area (Å²) in [5.74, 6) is -0.496. The van der Waals surface area contributed by atoms with Crippen molar-refractivity contribution in [1.29, 1.82) is 0 Å². The second-order valence-corrected chi connectivity index (χ2v) is 6.30. The van der Waals surface area contributed by atoms with Gasteiger partial charge < -0.3 is 10.4 Å². The van der Waals surface area contributed by atoms with E-state index in [0.29, 0.717) is 6.42 Å². The van der Waals surface area contributed by atoms with Crippen LogP contribution < -0.4 is 5.32 Å². The van der Waals surface area contributed by atoms with E-state index in [4.69, 9.17) is 5.11 Å². The van der Waals surface area contributed by atoms with E-state index in [9.17, 15) is 4.79 Å². The van der Waals surface area contributed by atoms with Gasteiger partial charge in [-0.1, -0.05) is 48.2 Å². The lowest BCUT2D eigenvalue weighted by atomic mass is 9.96. The number of carboxylic acids is 1. The van der Waals surface area contributed by atoms with Crippen LogP contribution in [0.1, 0.15) is 17.9 Å². The van der Waals surface area contributed by atoms with E-state index in [-0.39, 0.29) is 5.92 Å². The third-order valence-electron chi connectivity index (χ3n) is 3.76. The highest BCUT2D eigenvalue weighted by Gasteiger charge is 2.31. The topological polar surface area (TPSA) is 49.3 Å². The van der Waals surface area contributed by atoms with Crippen molar-refractivity contribution in [2.45, 2.75) is 28.2 Å². The Bertz CT molecular complexity index is 630. The van der Waals surface area contributed by atoms with Crippen LogP contribution in [0.5, 0.6) is 0 Å². The highest BCUT2D eigenvalue weighted by molar-refractivity contribution is 7.99. The minimum atomic E-state index is -0.759. The molecule has 2 N–H and O–H groups in total. The SMILES string of the molecule is O=C(O)[C@@H]1CC(c2ccccc2Sc2ccccc2)CN1. The Kier molecular flexibility index (Phi) is 4.27. The molecule has 0 aromatic heterocycles. The average molecular weight is 299 g/mol. The van der Waals surface area contributed by atoms with E-state index in [1.807, 2.05) is 30.3 Å². The molecule has 1 saturated heterocycles. The molecule has 0 amide bonds. The minimum Gasteiger partial charge on any atom is -0.480 e. The van der Waals surface area contributed by atoms with Crippen LogP contribution >= 0.6 is 11.8 Å². The van der Waals surface area contributed by atoms with Gasteiger partial charge in [0.2, 0.25) is 0 Å². The van der Waals surface area contributed by atoms with Gasteiger partial charge in [-0.3, -0.25) is 4.79 Å². The average Bonchev–Trinajstić information content (AvgIpc) is 2.99. The predicted molar refractivity (Wildman–Crippen MR) is 83.8 cm³/mol. The molecule has 1 aliphatic rings. The first-order chi connectivity index (χ1) is 10.2. The molecule has 0 aliphatic carbocycles. The van der Waals surface area contributed by atoms with Gasteiger partial charge in [-0.05, 0) is 36.1 Å². The number of hydrogen-bond donors (Lipinski definition) is 2. The lowest BCUT2D eigenvalue weighted by molar-refractivity contribution is -0.139. The Morgan fingerprint density at radius 2 is 1.81 bits per heavy atom. The van der Waals surface area contributed by atoms with E-state index in [2.05, 4.69) is 29.6 Å². The zero-order valence-electron chi connectivity index (χ0n) is 11.5. The molecule has 0 radical (unpaired) electrons. The summed E-state index contributed by atoms with van der Waals surface area (Å²) in [5.41, 5.74) is 1.24. The van der Waals surface area contributed by atoms with E-state index < -0.39 is 12.0 Å². The van der Waals surface area contributed by atoms with Gasteiger partial charge in [0.05, 0.1) is 0 Å². The second-order valence-electron chi connectivity index (χ2n) is 5.18. The van der Waals surface area contributed by atoms with Crippen LogP contribution in [0.25, 0.3) is 0 Å². The molecule has 0 saturated carbocycles. The zero-order chi connectivity index (χ0) is 14.7. The van der Waals surface area contributed by atoms with Gasteiger partial charge in [-0.15, -0.1) is 0 Å². The zero-order valence-corrected chi connectivity index (χ0v) is 12.3. The Morgan fingerprint density at radius 1 is 1.10 bits per heavy atom. The first kappa shape index (κ1) is 14.2.